The maximum absolute atomic E-state index is 12.6. The first kappa shape index (κ1) is 25.9. The van der Waals surface area contributed by atoms with Crippen LogP contribution < -0.4 is 27.0 Å². The Balaban J connectivity index is 2.26. The van der Waals surface area contributed by atoms with Crippen LogP contribution in [0.2, 0.25) is 0 Å². The molecule has 1 unspecified atom stereocenters. The molecular formula is C22H39N5O3. The first-order valence-corrected chi connectivity index (χ1v) is 11.1. The number of unbranched alkanes of at least 4 members (excludes halogenated alkanes) is 1. The van der Waals surface area contributed by atoms with Gasteiger partial charge in [0.25, 0.3) is 0 Å². The molecule has 8 nitrogen and oxygen atoms in total. The van der Waals surface area contributed by atoms with Crippen molar-refractivity contribution < 1.29 is 14.7 Å². The molecule has 0 aliphatic heterocycles. The number of rotatable bonds is 17. The van der Waals surface area contributed by atoms with E-state index in [4.69, 9.17) is 5.73 Å². The van der Waals surface area contributed by atoms with Crippen LogP contribution in [0.3, 0.4) is 0 Å². The van der Waals surface area contributed by atoms with Crippen molar-refractivity contribution in [2.24, 2.45) is 5.73 Å². The molecule has 30 heavy (non-hydrogen) atoms. The molecule has 0 bridgehead atoms. The van der Waals surface area contributed by atoms with Crippen molar-refractivity contribution in [1.29, 1.82) is 0 Å². The number of carbonyl (C=O) groups is 2. The molecular weight excluding hydrogens is 382 g/mol. The Hall–Kier alpha value is -2.16. The van der Waals surface area contributed by atoms with Crippen LogP contribution in [0.25, 0.3) is 0 Å². The van der Waals surface area contributed by atoms with E-state index >= 15 is 0 Å². The van der Waals surface area contributed by atoms with Crippen LogP contribution in [0.4, 0.5) is 0 Å². The smallest absolute Gasteiger partial charge is 0.247 e. The van der Waals surface area contributed by atoms with Gasteiger partial charge in [-0.25, -0.2) is 0 Å². The molecule has 0 fully saturated rings. The molecule has 170 valence electrons. The zero-order chi connectivity index (χ0) is 22.0. The number of phenolic OH excluding ortho intramolecular Hbond substituents is 1. The fourth-order valence-corrected chi connectivity index (χ4v) is 2.93. The lowest BCUT2D eigenvalue weighted by molar-refractivity contribution is -0.129. The molecule has 0 heterocycles. The lowest BCUT2D eigenvalue weighted by atomic mass is 10.1. The predicted molar refractivity (Wildman–Crippen MR) is 120 cm³/mol. The van der Waals surface area contributed by atoms with Crippen molar-refractivity contribution in [3.8, 4) is 5.75 Å². The molecule has 1 atom stereocenters. The highest BCUT2D eigenvalue weighted by Crippen LogP contribution is 2.17. The van der Waals surface area contributed by atoms with Crippen LogP contribution in [-0.2, 0) is 9.59 Å². The van der Waals surface area contributed by atoms with Gasteiger partial charge in [0.2, 0.25) is 11.8 Å². The van der Waals surface area contributed by atoms with Crippen molar-refractivity contribution in [1.82, 2.24) is 21.3 Å². The number of benzene rings is 1. The number of nitrogens with one attached hydrogen (secondary N) is 4. The van der Waals surface area contributed by atoms with E-state index in [0.717, 1.165) is 58.4 Å². The van der Waals surface area contributed by atoms with Crippen LogP contribution >= 0.6 is 0 Å². The zero-order valence-corrected chi connectivity index (χ0v) is 18.2. The Morgan fingerprint density at radius 1 is 0.933 bits per heavy atom. The van der Waals surface area contributed by atoms with Crippen LogP contribution in [0.5, 0.6) is 5.75 Å². The first-order chi connectivity index (χ1) is 14.6. The van der Waals surface area contributed by atoms with Gasteiger partial charge in [-0.3, -0.25) is 9.59 Å². The molecule has 0 aliphatic rings. The number of carbonyl (C=O) groups excluding carboxylic acids is 2. The summed E-state index contributed by atoms with van der Waals surface area (Å²) in [6.45, 7) is 6.95. The molecule has 1 aromatic carbocycles. The lowest BCUT2D eigenvalue weighted by Crippen LogP contribution is -2.41. The highest BCUT2D eigenvalue weighted by Gasteiger charge is 2.22. The molecule has 0 aliphatic carbocycles. The third kappa shape index (κ3) is 11.7. The normalized spacial score (nSPS) is 11.8. The maximum Gasteiger partial charge on any atom is 0.247 e. The summed E-state index contributed by atoms with van der Waals surface area (Å²) in [6, 6.07) is 5.57. The minimum Gasteiger partial charge on any atom is -0.508 e. The van der Waals surface area contributed by atoms with E-state index in [-0.39, 0.29) is 17.6 Å². The fourth-order valence-electron chi connectivity index (χ4n) is 2.93. The molecule has 0 spiro atoms. The van der Waals surface area contributed by atoms with Crippen molar-refractivity contribution in [2.75, 3.05) is 39.3 Å². The van der Waals surface area contributed by atoms with E-state index in [0.29, 0.717) is 24.9 Å². The second-order valence-corrected chi connectivity index (χ2v) is 7.34. The molecule has 0 saturated heterocycles. The Labute approximate surface area is 180 Å². The summed E-state index contributed by atoms with van der Waals surface area (Å²) < 4.78 is 0. The van der Waals surface area contributed by atoms with Crippen LogP contribution in [0.1, 0.15) is 57.1 Å². The second kappa shape index (κ2) is 16.6. The van der Waals surface area contributed by atoms with Gasteiger partial charge in [-0.2, -0.15) is 0 Å². The summed E-state index contributed by atoms with van der Waals surface area (Å²) in [5.74, 6) is -0.284. The lowest BCUT2D eigenvalue weighted by Gasteiger charge is -2.19. The molecule has 0 radical (unpaired) electrons. The largest absolute Gasteiger partial charge is 0.508 e. The van der Waals surface area contributed by atoms with Crippen molar-refractivity contribution in [2.45, 2.75) is 51.5 Å². The Morgan fingerprint density at radius 2 is 1.53 bits per heavy atom. The van der Waals surface area contributed by atoms with Gasteiger partial charge in [-0.1, -0.05) is 19.1 Å². The maximum atomic E-state index is 12.6. The monoisotopic (exact) mass is 421 g/mol. The summed E-state index contributed by atoms with van der Waals surface area (Å²) >= 11 is 0. The molecule has 7 N–H and O–H groups in total. The van der Waals surface area contributed by atoms with Crippen molar-refractivity contribution in [3.05, 3.63) is 29.8 Å². The van der Waals surface area contributed by atoms with Gasteiger partial charge in [0.05, 0.1) is 0 Å². The minimum absolute atomic E-state index is 0.121. The topological polar surface area (TPSA) is 129 Å². The van der Waals surface area contributed by atoms with Gasteiger partial charge >= 0.3 is 0 Å². The van der Waals surface area contributed by atoms with Crippen LogP contribution in [0, 0.1) is 0 Å². The van der Waals surface area contributed by atoms with Gasteiger partial charge < -0.3 is 32.1 Å². The average molecular weight is 422 g/mol. The van der Waals surface area contributed by atoms with Gasteiger partial charge in [0.15, 0.2) is 0 Å². The molecule has 8 heteroatoms. The predicted octanol–water partition coefficient (Wildman–Crippen LogP) is 1.16. The number of nitrogens with two attached hydrogens (primary N) is 1. The van der Waals surface area contributed by atoms with E-state index in [1.165, 1.54) is 12.1 Å². The van der Waals surface area contributed by atoms with E-state index in [9.17, 15) is 14.7 Å². The zero-order valence-electron chi connectivity index (χ0n) is 18.2. The summed E-state index contributed by atoms with van der Waals surface area (Å²) in [5, 5.41) is 21.9. The third-order valence-corrected chi connectivity index (χ3v) is 4.62. The average Bonchev–Trinajstić information content (AvgIpc) is 2.73. The number of hydrogen-bond acceptors (Lipinski definition) is 6. The van der Waals surface area contributed by atoms with Gasteiger partial charge in [0.1, 0.15) is 11.8 Å². The summed E-state index contributed by atoms with van der Waals surface area (Å²) in [7, 11) is 0. The molecule has 1 aromatic rings. The molecule has 0 aromatic heterocycles. The van der Waals surface area contributed by atoms with Crippen LogP contribution in [0.15, 0.2) is 24.3 Å². The SMILES string of the molecule is CCCC(=O)NC(C(=O)NCCCNCCCCNCCCN)c1ccc(O)cc1. The Kier molecular flexibility index (Phi) is 14.3. The van der Waals surface area contributed by atoms with Crippen LogP contribution in [-0.4, -0.2) is 56.2 Å². The number of hydrogen-bond donors (Lipinski definition) is 6. The van der Waals surface area contributed by atoms with E-state index in [1.807, 2.05) is 6.92 Å². The summed E-state index contributed by atoms with van der Waals surface area (Å²) in [5.41, 5.74) is 6.09. The fraction of sp³-hybridized carbons (Fsp3) is 0.636. The van der Waals surface area contributed by atoms with Gasteiger partial charge in [-0.15, -0.1) is 0 Å². The highest BCUT2D eigenvalue weighted by molar-refractivity contribution is 5.88. The first-order valence-electron chi connectivity index (χ1n) is 11.1. The molecule has 2 amide bonds. The van der Waals surface area contributed by atoms with E-state index < -0.39 is 6.04 Å². The highest BCUT2D eigenvalue weighted by atomic mass is 16.3. The third-order valence-electron chi connectivity index (χ3n) is 4.62. The molecule has 1 rings (SSSR count). The number of phenols is 1. The quantitative estimate of drug-likeness (QED) is 0.210. The van der Waals surface area contributed by atoms with E-state index in [2.05, 4.69) is 21.3 Å². The Morgan fingerprint density at radius 3 is 2.13 bits per heavy atom. The molecule has 0 saturated carbocycles. The summed E-state index contributed by atoms with van der Waals surface area (Å²) in [4.78, 5) is 24.6. The number of amides is 2. The standard InChI is InChI=1S/C22H39N5O3/c1-2-7-20(29)27-21(18-8-10-19(28)11-9-18)22(30)26-17-6-16-25-14-4-3-13-24-15-5-12-23/h8-11,21,24-25,28H,2-7,12-17,23H2,1H3,(H,26,30)(H,27,29). The van der Waals surface area contributed by atoms with Crippen molar-refractivity contribution in [3.63, 3.8) is 0 Å². The van der Waals surface area contributed by atoms with E-state index in [1.54, 1.807) is 12.1 Å². The van der Waals surface area contributed by atoms with Gasteiger partial charge in [0, 0.05) is 13.0 Å². The second-order valence-electron chi connectivity index (χ2n) is 7.34. The van der Waals surface area contributed by atoms with Gasteiger partial charge in [-0.05, 0) is 82.5 Å². The summed E-state index contributed by atoms with van der Waals surface area (Å²) in [6.07, 6.45) is 5.14. The van der Waals surface area contributed by atoms with Crippen molar-refractivity contribution >= 4 is 11.8 Å². The number of aromatic hydroxyl groups is 1. The Bertz CT molecular complexity index is 595. The minimum atomic E-state index is -0.760.